The summed E-state index contributed by atoms with van der Waals surface area (Å²) in [5.41, 5.74) is 1.64. The second-order valence-electron chi connectivity index (χ2n) is 4.03. The van der Waals surface area contributed by atoms with Gasteiger partial charge in [0, 0.05) is 18.2 Å². The van der Waals surface area contributed by atoms with Gasteiger partial charge in [-0.2, -0.15) is 0 Å². The summed E-state index contributed by atoms with van der Waals surface area (Å²) in [6.07, 6.45) is 0. The molecule has 0 aliphatic rings. The first kappa shape index (κ1) is 12.4. The van der Waals surface area contributed by atoms with Gasteiger partial charge in [0.15, 0.2) is 5.76 Å². The Morgan fingerprint density at radius 1 is 1.33 bits per heavy atom. The van der Waals surface area contributed by atoms with Gasteiger partial charge >= 0.3 is 0 Å². The summed E-state index contributed by atoms with van der Waals surface area (Å²) in [7, 11) is 1.60. The molecule has 18 heavy (non-hydrogen) atoms. The molecular weight excluding hydrogens is 232 g/mol. The van der Waals surface area contributed by atoms with E-state index in [4.69, 9.17) is 9.26 Å². The van der Waals surface area contributed by atoms with Crippen LogP contribution in [0.2, 0.25) is 0 Å². The maximum absolute atomic E-state index is 9.70. The Bertz CT molecular complexity index is 523. The van der Waals surface area contributed by atoms with E-state index in [9.17, 15) is 5.11 Å². The van der Waals surface area contributed by atoms with E-state index in [1.54, 1.807) is 25.3 Å². The summed E-state index contributed by atoms with van der Waals surface area (Å²) in [4.78, 5) is 0. The Kier molecular flexibility index (Phi) is 3.84. The van der Waals surface area contributed by atoms with E-state index < -0.39 is 0 Å². The average molecular weight is 248 g/mol. The molecule has 0 amide bonds. The first-order valence-electron chi connectivity index (χ1n) is 5.68. The molecule has 0 unspecified atom stereocenters. The van der Waals surface area contributed by atoms with Gasteiger partial charge in [-0.25, -0.2) is 0 Å². The number of phenolic OH excluding ortho intramolecular Hbond substituents is 1. The Balaban J connectivity index is 1.93. The standard InChI is InChI=1S/C13H16N2O3/c1-9-5-12(18-15-9)8-14-7-10-6-11(17-2)3-4-13(10)16/h3-6,14,16H,7-8H2,1-2H3. The van der Waals surface area contributed by atoms with Gasteiger partial charge in [-0.1, -0.05) is 5.16 Å². The van der Waals surface area contributed by atoms with Crippen LogP contribution in [0.4, 0.5) is 0 Å². The monoisotopic (exact) mass is 248 g/mol. The first-order valence-corrected chi connectivity index (χ1v) is 5.68. The highest BCUT2D eigenvalue weighted by molar-refractivity contribution is 5.39. The van der Waals surface area contributed by atoms with Gasteiger partial charge in [0.25, 0.3) is 0 Å². The Labute approximate surface area is 105 Å². The number of hydrogen-bond acceptors (Lipinski definition) is 5. The van der Waals surface area contributed by atoms with E-state index in [2.05, 4.69) is 10.5 Å². The van der Waals surface area contributed by atoms with Crippen LogP contribution in [0.1, 0.15) is 17.0 Å². The number of rotatable bonds is 5. The number of aromatic hydroxyl groups is 1. The van der Waals surface area contributed by atoms with Crippen molar-refractivity contribution in [3.63, 3.8) is 0 Å². The fourth-order valence-electron chi connectivity index (χ4n) is 1.65. The molecule has 0 atom stereocenters. The van der Waals surface area contributed by atoms with E-state index in [1.165, 1.54) is 0 Å². The molecule has 0 aliphatic carbocycles. The van der Waals surface area contributed by atoms with Crippen molar-refractivity contribution in [1.29, 1.82) is 0 Å². The van der Waals surface area contributed by atoms with Gasteiger partial charge in [-0.05, 0) is 25.1 Å². The maximum Gasteiger partial charge on any atom is 0.150 e. The van der Waals surface area contributed by atoms with Crippen molar-refractivity contribution in [1.82, 2.24) is 10.5 Å². The van der Waals surface area contributed by atoms with E-state index in [0.717, 1.165) is 22.8 Å². The van der Waals surface area contributed by atoms with Crippen LogP contribution in [0.5, 0.6) is 11.5 Å². The molecule has 5 nitrogen and oxygen atoms in total. The fourth-order valence-corrected chi connectivity index (χ4v) is 1.65. The molecule has 0 saturated heterocycles. The number of nitrogens with one attached hydrogen (secondary N) is 1. The summed E-state index contributed by atoms with van der Waals surface area (Å²) >= 11 is 0. The van der Waals surface area contributed by atoms with Crippen LogP contribution in [0, 0.1) is 6.92 Å². The Morgan fingerprint density at radius 3 is 2.83 bits per heavy atom. The molecule has 0 spiro atoms. The second-order valence-corrected chi connectivity index (χ2v) is 4.03. The topological polar surface area (TPSA) is 67.5 Å². The van der Waals surface area contributed by atoms with E-state index in [0.29, 0.717) is 13.1 Å². The fraction of sp³-hybridized carbons (Fsp3) is 0.308. The molecule has 0 radical (unpaired) electrons. The van der Waals surface area contributed by atoms with Crippen molar-refractivity contribution in [2.24, 2.45) is 0 Å². The lowest BCUT2D eigenvalue weighted by Gasteiger charge is -2.07. The summed E-state index contributed by atoms with van der Waals surface area (Å²) in [5.74, 6) is 1.74. The van der Waals surface area contributed by atoms with Crippen LogP contribution in [-0.4, -0.2) is 17.4 Å². The van der Waals surface area contributed by atoms with Crippen LogP contribution < -0.4 is 10.1 Å². The van der Waals surface area contributed by atoms with Gasteiger partial charge in [0.05, 0.1) is 19.3 Å². The van der Waals surface area contributed by atoms with Crippen LogP contribution in [0.3, 0.4) is 0 Å². The molecule has 0 fully saturated rings. The normalized spacial score (nSPS) is 10.6. The highest BCUT2D eigenvalue weighted by Crippen LogP contribution is 2.22. The van der Waals surface area contributed by atoms with Crippen molar-refractivity contribution in [3.05, 3.63) is 41.3 Å². The minimum Gasteiger partial charge on any atom is -0.508 e. The van der Waals surface area contributed by atoms with Gasteiger partial charge < -0.3 is 19.7 Å². The molecule has 2 N–H and O–H groups in total. The number of hydrogen-bond donors (Lipinski definition) is 2. The largest absolute Gasteiger partial charge is 0.508 e. The molecule has 1 aromatic carbocycles. The smallest absolute Gasteiger partial charge is 0.150 e. The molecule has 2 aromatic rings. The number of aryl methyl sites for hydroxylation is 1. The maximum atomic E-state index is 9.70. The Morgan fingerprint density at radius 2 is 2.17 bits per heavy atom. The van der Waals surface area contributed by atoms with E-state index in [-0.39, 0.29) is 5.75 Å². The van der Waals surface area contributed by atoms with Crippen molar-refractivity contribution in [2.45, 2.75) is 20.0 Å². The van der Waals surface area contributed by atoms with Crippen molar-refractivity contribution >= 4 is 0 Å². The molecule has 0 aliphatic heterocycles. The minimum absolute atomic E-state index is 0.247. The van der Waals surface area contributed by atoms with Crippen LogP contribution in [-0.2, 0) is 13.1 Å². The van der Waals surface area contributed by atoms with E-state index in [1.807, 2.05) is 13.0 Å². The van der Waals surface area contributed by atoms with Crippen molar-refractivity contribution in [3.8, 4) is 11.5 Å². The summed E-state index contributed by atoms with van der Waals surface area (Å²) in [6, 6.07) is 7.01. The van der Waals surface area contributed by atoms with Gasteiger partial charge in [0.2, 0.25) is 0 Å². The SMILES string of the molecule is COc1ccc(O)c(CNCc2cc(C)no2)c1. The summed E-state index contributed by atoms with van der Waals surface area (Å²) < 4.78 is 10.2. The predicted octanol–water partition coefficient (Wildman–Crippen LogP) is 1.99. The molecule has 1 heterocycles. The lowest BCUT2D eigenvalue weighted by molar-refractivity contribution is 0.368. The zero-order valence-electron chi connectivity index (χ0n) is 10.4. The predicted molar refractivity (Wildman–Crippen MR) is 66.4 cm³/mol. The lowest BCUT2D eigenvalue weighted by atomic mass is 10.2. The second kappa shape index (κ2) is 5.55. The third-order valence-electron chi connectivity index (χ3n) is 2.58. The zero-order valence-corrected chi connectivity index (χ0v) is 10.4. The van der Waals surface area contributed by atoms with Crippen molar-refractivity contribution < 1.29 is 14.4 Å². The summed E-state index contributed by atoms with van der Waals surface area (Å²) in [5, 5.41) is 16.7. The van der Waals surface area contributed by atoms with Crippen LogP contribution in [0.25, 0.3) is 0 Å². The van der Waals surface area contributed by atoms with Crippen molar-refractivity contribution in [2.75, 3.05) is 7.11 Å². The number of methoxy groups -OCH3 is 1. The first-order chi connectivity index (χ1) is 8.69. The zero-order chi connectivity index (χ0) is 13.0. The highest BCUT2D eigenvalue weighted by atomic mass is 16.5. The van der Waals surface area contributed by atoms with E-state index >= 15 is 0 Å². The number of nitrogens with zero attached hydrogens (tertiary/aromatic N) is 1. The summed E-state index contributed by atoms with van der Waals surface area (Å²) in [6.45, 7) is 2.97. The van der Waals surface area contributed by atoms with Gasteiger partial charge in [-0.15, -0.1) is 0 Å². The lowest BCUT2D eigenvalue weighted by Crippen LogP contribution is -2.12. The number of aromatic nitrogens is 1. The molecule has 0 bridgehead atoms. The van der Waals surface area contributed by atoms with Crippen LogP contribution in [0.15, 0.2) is 28.8 Å². The minimum atomic E-state index is 0.247. The van der Waals surface area contributed by atoms with Crippen LogP contribution >= 0.6 is 0 Å². The molecule has 0 saturated carbocycles. The molecule has 96 valence electrons. The molecular formula is C13H16N2O3. The molecule has 1 aromatic heterocycles. The molecule has 5 heteroatoms. The van der Waals surface area contributed by atoms with Gasteiger partial charge in [0.1, 0.15) is 11.5 Å². The number of ether oxygens (including phenoxy) is 1. The third-order valence-corrected chi connectivity index (χ3v) is 2.58. The average Bonchev–Trinajstić information content (AvgIpc) is 2.77. The van der Waals surface area contributed by atoms with Gasteiger partial charge in [-0.3, -0.25) is 0 Å². The quantitative estimate of drug-likeness (QED) is 0.847. The Hall–Kier alpha value is -2.01. The number of benzene rings is 1. The third kappa shape index (κ3) is 3.01. The highest BCUT2D eigenvalue weighted by Gasteiger charge is 2.04. The molecule has 2 rings (SSSR count). The number of phenols is 1.